The summed E-state index contributed by atoms with van der Waals surface area (Å²) < 4.78 is 31.1. The van der Waals surface area contributed by atoms with Crippen LogP contribution in [0.15, 0.2) is 11.2 Å². The number of nitrogens with one attached hydrogen (secondary N) is 2. The molecular formula is C11H19N3O4S. The van der Waals surface area contributed by atoms with E-state index in [1.54, 1.807) is 13.8 Å². The van der Waals surface area contributed by atoms with E-state index in [4.69, 9.17) is 0 Å². The zero-order chi connectivity index (χ0) is 14.6. The van der Waals surface area contributed by atoms with Gasteiger partial charge >= 0.3 is 5.97 Å². The molecule has 0 aliphatic rings. The summed E-state index contributed by atoms with van der Waals surface area (Å²) in [5, 5.41) is -0.0566. The predicted molar refractivity (Wildman–Crippen MR) is 68.9 cm³/mol. The molecule has 7 nitrogen and oxygen atoms in total. The second-order valence-electron chi connectivity index (χ2n) is 4.41. The van der Waals surface area contributed by atoms with Crippen molar-refractivity contribution in [2.75, 3.05) is 7.11 Å². The number of imidazole rings is 1. The summed E-state index contributed by atoms with van der Waals surface area (Å²) in [4.78, 5) is 18.2. The van der Waals surface area contributed by atoms with Crippen LogP contribution >= 0.6 is 0 Å². The Morgan fingerprint density at radius 3 is 2.58 bits per heavy atom. The lowest BCUT2D eigenvalue weighted by Crippen LogP contribution is -2.45. The van der Waals surface area contributed by atoms with Crippen LogP contribution in [-0.4, -0.2) is 37.5 Å². The Bertz CT molecular complexity index is 536. The molecule has 1 heterocycles. The summed E-state index contributed by atoms with van der Waals surface area (Å²) in [6.45, 7) is 5.32. The van der Waals surface area contributed by atoms with Gasteiger partial charge in [-0.1, -0.05) is 20.8 Å². The minimum atomic E-state index is -3.82. The van der Waals surface area contributed by atoms with Gasteiger partial charge < -0.3 is 9.72 Å². The van der Waals surface area contributed by atoms with Crippen molar-refractivity contribution in [3.05, 3.63) is 12.0 Å². The summed E-state index contributed by atoms with van der Waals surface area (Å²) in [5.74, 6) is -0.274. The molecule has 0 aliphatic heterocycles. The largest absolute Gasteiger partial charge is 0.468 e. The fourth-order valence-electron chi connectivity index (χ4n) is 1.47. The van der Waals surface area contributed by atoms with E-state index in [1.165, 1.54) is 13.3 Å². The van der Waals surface area contributed by atoms with Crippen LogP contribution in [0.1, 0.15) is 26.6 Å². The lowest BCUT2D eigenvalue weighted by Gasteiger charge is -2.19. The topological polar surface area (TPSA) is 101 Å². The third-order valence-corrected chi connectivity index (χ3v) is 3.98. The minimum Gasteiger partial charge on any atom is -0.468 e. The van der Waals surface area contributed by atoms with Crippen LogP contribution in [0.5, 0.6) is 0 Å². The first-order valence-electron chi connectivity index (χ1n) is 5.95. The van der Waals surface area contributed by atoms with E-state index in [0.717, 1.165) is 0 Å². The average Bonchev–Trinajstić information content (AvgIpc) is 2.84. The van der Waals surface area contributed by atoms with Crippen molar-refractivity contribution in [1.82, 2.24) is 14.7 Å². The highest BCUT2D eigenvalue weighted by atomic mass is 32.2. The van der Waals surface area contributed by atoms with Gasteiger partial charge in [0.05, 0.1) is 13.3 Å². The van der Waals surface area contributed by atoms with Crippen molar-refractivity contribution in [3.8, 4) is 0 Å². The third-order valence-electron chi connectivity index (χ3n) is 2.63. The molecule has 0 amide bonds. The number of sulfonamides is 1. The molecule has 1 aromatic heterocycles. The maximum Gasteiger partial charge on any atom is 0.324 e. The maximum atomic E-state index is 12.1. The van der Waals surface area contributed by atoms with E-state index in [2.05, 4.69) is 19.4 Å². The van der Waals surface area contributed by atoms with Gasteiger partial charge in [-0.05, 0) is 5.92 Å². The Kier molecular flexibility index (Phi) is 5.07. The van der Waals surface area contributed by atoms with E-state index in [0.29, 0.717) is 12.2 Å². The molecule has 19 heavy (non-hydrogen) atoms. The summed E-state index contributed by atoms with van der Waals surface area (Å²) in [7, 11) is -2.60. The van der Waals surface area contributed by atoms with Gasteiger partial charge in [-0.2, -0.15) is 4.72 Å². The van der Waals surface area contributed by atoms with Crippen molar-refractivity contribution in [1.29, 1.82) is 0 Å². The van der Waals surface area contributed by atoms with Crippen LogP contribution in [0, 0.1) is 5.92 Å². The molecule has 1 unspecified atom stereocenters. The zero-order valence-electron chi connectivity index (χ0n) is 11.4. The highest BCUT2D eigenvalue weighted by Crippen LogP contribution is 2.11. The summed E-state index contributed by atoms with van der Waals surface area (Å²) in [6.07, 6.45) is 1.83. The van der Waals surface area contributed by atoms with Crippen LogP contribution < -0.4 is 4.72 Å². The number of aromatic amines is 1. The molecule has 0 radical (unpaired) electrons. The van der Waals surface area contributed by atoms with Gasteiger partial charge in [0.25, 0.3) is 10.0 Å². The van der Waals surface area contributed by atoms with Crippen LogP contribution in [0.3, 0.4) is 0 Å². The molecule has 0 spiro atoms. The summed E-state index contributed by atoms with van der Waals surface area (Å²) in [6, 6.07) is -0.927. The highest BCUT2D eigenvalue weighted by molar-refractivity contribution is 7.89. The number of methoxy groups -OCH3 is 1. The van der Waals surface area contributed by atoms with Crippen molar-refractivity contribution in [2.45, 2.75) is 38.3 Å². The number of nitrogens with zero attached hydrogens (tertiary/aromatic N) is 1. The third kappa shape index (κ3) is 3.77. The van der Waals surface area contributed by atoms with Crippen LogP contribution in [0.4, 0.5) is 0 Å². The lowest BCUT2D eigenvalue weighted by molar-refractivity contribution is -0.143. The molecule has 0 fully saturated rings. The van der Waals surface area contributed by atoms with Crippen LogP contribution in [0.25, 0.3) is 0 Å². The van der Waals surface area contributed by atoms with E-state index < -0.39 is 22.0 Å². The maximum absolute atomic E-state index is 12.1. The van der Waals surface area contributed by atoms with Gasteiger partial charge in [0, 0.05) is 6.42 Å². The minimum absolute atomic E-state index is 0.0566. The molecule has 0 saturated heterocycles. The normalized spacial score (nSPS) is 13.5. The highest BCUT2D eigenvalue weighted by Gasteiger charge is 2.29. The van der Waals surface area contributed by atoms with Crippen LogP contribution in [0.2, 0.25) is 0 Å². The number of aryl methyl sites for hydroxylation is 1. The van der Waals surface area contributed by atoms with Gasteiger partial charge in [-0.15, -0.1) is 0 Å². The number of ether oxygens (including phenoxy) is 1. The molecular weight excluding hydrogens is 270 g/mol. The van der Waals surface area contributed by atoms with Crippen LogP contribution in [-0.2, 0) is 26.0 Å². The fraction of sp³-hybridized carbons (Fsp3) is 0.636. The van der Waals surface area contributed by atoms with Gasteiger partial charge in [0.1, 0.15) is 11.9 Å². The van der Waals surface area contributed by atoms with Crippen molar-refractivity contribution in [3.63, 3.8) is 0 Å². The van der Waals surface area contributed by atoms with Crippen molar-refractivity contribution >= 4 is 16.0 Å². The number of H-pyrrole nitrogens is 1. The Hall–Kier alpha value is -1.41. The average molecular weight is 289 g/mol. The van der Waals surface area contributed by atoms with E-state index in [1.807, 2.05) is 6.92 Å². The molecule has 0 aliphatic carbocycles. The quantitative estimate of drug-likeness (QED) is 0.740. The zero-order valence-corrected chi connectivity index (χ0v) is 12.2. The molecule has 0 saturated carbocycles. The molecule has 1 atom stereocenters. The van der Waals surface area contributed by atoms with Gasteiger partial charge in [-0.3, -0.25) is 4.79 Å². The standard InChI is InChI=1S/C11H19N3O4S/c1-5-8-12-6-9(13-8)19(16,17)14-10(7(2)3)11(15)18-4/h6-7,10,14H,5H2,1-4H3,(H,12,13). The van der Waals surface area contributed by atoms with E-state index in [-0.39, 0.29) is 10.9 Å². The molecule has 1 aromatic rings. The van der Waals surface area contributed by atoms with Gasteiger partial charge in [0.15, 0.2) is 5.03 Å². The van der Waals surface area contributed by atoms with Crippen molar-refractivity contribution in [2.24, 2.45) is 5.92 Å². The van der Waals surface area contributed by atoms with Gasteiger partial charge in [-0.25, -0.2) is 13.4 Å². The van der Waals surface area contributed by atoms with Crippen molar-refractivity contribution < 1.29 is 17.9 Å². The number of hydrogen-bond donors (Lipinski definition) is 2. The Balaban J connectivity index is 2.97. The first-order valence-corrected chi connectivity index (χ1v) is 7.44. The summed E-state index contributed by atoms with van der Waals surface area (Å²) in [5.41, 5.74) is 0. The number of carbonyl (C=O) groups excluding carboxylic acids is 1. The molecule has 0 aromatic carbocycles. The second kappa shape index (κ2) is 6.16. The first kappa shape index (κ1) is 15.6. The van der Waals surface area contributed by atoms with E-state index in [9.17, 15) is 13.2 Å². The Labute approximate surface area is 112 Å². The molecule has 8 heteroatoms. The number of aromatic nitrogens is 2. The lowest BCUT2D eigenvalue weighted by atomic mass is 10.1. The number of carbonyl (C=O) groups is 1. The molecule has 0 bridgehead atoms. The molecule has 108 valence electrons. The monoisotopic (exact) mass is 289 g/mol. The summed E-state index contributed by atoms with van der Waals surface area (Å²) >= 11 is 0. The first-order chi connectivity index (χ1) is 8.81. The van der Waals surface area contributed by atoms with E-state index >= 15 is 0 Å². The molecule has 1 rings (SSSR count). The number of hydrogen-bond acceptors (Lipinski definition) is 5. The smallest absolute Gasteiger partial charge is 0.324 e. The SMILES string of the molecule is CCc1ncc(S(=O)(=O)NC(C(=O)OC)C(C)C)[nH]1. The van der Waals surface area contributed by atoms with Gasteiger partial charge in [0.2, 0.25) is 0 Å². The fourth-order valence-corrected chi connectivity index (χ4v) is 2.75. The molecule has 2 N–H and O–H groups in total. The number of esters is 1. The Morgan fingerprint density at radius 2 is 2.16 bits per heavy atom. The second-order valence-corrected chi connectivity index (χ2v) is 6.10. The number of rotatable bonds is 6. The Morgan fingerprint density at radius 1 is 1.53 bits per heavy atom. The predicted octanol–water partition coefficient (Wildman–Crippen LogP) is 0.448.